The first-order chi connectivity index (χ1) is 17.0. The van der Waals surface area contributed by atoms with Crippen LogP contribution in [0.4, 0.5) is 11.4 Å². The number of carbonyl (C=O) groups excluding carboxylic acids is 1. The van der Waals surface area contributed by atoms with Crippen LogP contribution in [-0.4, -0.2) is 20.9 Å². The maximum absolute atomic E-state index is 13.0. The van der Waals surface area contributed by atoms with E-state index in [4.69, 9.17) is 4.74 Å². The Balaban J connectivity index is 1.25. The first-order valence-corrected chi connectivity index (χ1v) is 12.7. The lowest BCUT2D eigenvalue weighted by Gasteiger charge is -2.19. The molecular formula is C28H24N2O4S. The van der Waals surface area contributed by atoms with Crippen LogP contribution in [0.3, 0.4) is 0 Å². The van der Waals surface area contributed by atoms with Crippen LogP contribution in [0.5, 0.6) is 5.75 Å². The number of sulfonamides is 1. The molecule has 176 valence electrons. The summed E-state index contributed by atoms with van der Waals surface area (Å²) in [5.74, 6) is 0.458. The standard InChI is InChI=1S/C28H24N2O4S/c31-28(29-24-12-14-25(15-13-24)34-20-21-7-3-1-4-8-21)23-11-16-27-22(19-23)17-18-30(27)35(32,33)26-9-5-2-6-10-26/h1-16,19H,17-18,20H2,(H,29,31). The molecule has 1 N–H and O–H groups in total. The van der Waals surface area contributed by atoms with Crippen molar-refractivity contribution in [2.75, 3.05) is 16.2 Å². The number of nitrogens with one attached hydrogen (secondary N) is 1. The number of fused-ring (bicyclic) bond motifs is 1. The Hall–Kier alpha value is -4.10. The van der Waals surface area contributed by atoms with Crippen LogP contribution in [0.15, 0.2) is 108 Å². The summed E-state index contributed by atoms with van der Waals surface area (Å²) in [5.41, 5.74) is 3.66. The molecule has 7 heteroatoms. The lowest BCUT2D eigenvalue weighted by Crippen LogP contribution is -2.29. The molecule has 0 saturated heterocycles. The van der Waals surface area contributed by atoms with Crippen molar-refractivity contribution in [2.24, 2.45) is 0 Å². The molecule has 0 unspecified atom stereocenters. The average molecular weight is 485 g/mol. The predicted octanol–water partition coefficient (Wildman–Crippen LogP) is 5.27. The fraction of sp³-hybridized carbons (Fsp3) is 0.107. The minimum atomic E-state index is -3.64. The maximum Gasteiger partial charge on any atom is 0.264 e. The molecule has 0 bridgehead atoms. The van der Waals surface area contributed by atoms with Gasteiger partial charge in [0.25, 0.3) is 15.9 Å². The van der Waals surface area contributed by atoms with Crippen LogP contribution in [0.1, 0.15) is 21.5 Å². The fourth-order valence-corrected chi connectivity index (χ4v) is 5.59. The fourth-order valence-electron chi connectivity index (χ4n) is 4.06. The number of hydrogen-bond donors (Lipinski definition) is 1. The Morgan fingerprint density at radius 3 is 2.26 bits per heavy atom. The summed E-state index contributed by atoms with van der Waals surface area (Å²) in [5, 5.41) is 2.89. The van der Waals surface area contributed by atoms with Gasteiger partial charge in [0.2, 0.25) is 0 Å². The maximum atomic E-state index is 13.0. The summed E-state index contributed by atoms with van der Waals surface area (Å²) in [7, 11) is -3.64. The molecule has 35 heavy (non-hydrogen) atoms. The van der Waals surface area contributed by atoms with E-state index in [2.05, 4.69) is 5.32 Å². The van der Waals surface area contributed by atoms with E-state index in [0.717, 1.165) is 11.1 Å². The van der Waals surface area contributed by atoms with Gasteiger partial charge in [0.1, 0.15) is 12.4 Å². The van der Waals surface area contributed by atoms with Gasteiger partial charge in [0, 0.05) is 17.8 Å². The molecule has 0 spiro atoms. The van der Waals surface area contributed by atoms with Crippen LogP contribution < -0.4 is 14.4 Å². The van der Waals surface area contributed by atoms with Gasteiger partial charge in [-0.15, -0.1) is 0 Å². The molecule has 1 aliphatic heterocycles. The van der Waals surface area contributed by atoms with E-state index in [9.17, 15) is 13.2 Å². The van der Waals surface area contributed by atoms with Gasteiger partial charge in [-0.2, -0.15) is 0 Å². The molecule has 6 nitrogen and oxygen atoms in total. The molecule has 0 saturated carbocycles. The summed E-state index contributed by atoms with van der Waals surface area (Å²) in [6.07, 6.45) is 0.552. The lowest BCUT2D eigenvalue weighted by atomic mass is 10.1. The van der Waals surface area contributed by atoms with E-state index < -0.39 is 10.0 Å². The topological polar surface area (TPSA) is 75.7 Å². The van der Waals surface area contributed by atoms with Crippen molar-refractivity contribution in [3.8, 4) is 5.75 Å². The van der Waals surface area contributed by atoms with Crippen molar-refractivity contribution in [2.45, 2.75) is 17.9 Å². The molecule has 5 rings (SSSR count). The number of anilines is 2. The number of carbonyl (C=O) groups is 1. The second-order valence-corrected chi connectivity index (χ2v) is 10.1. The van der Waals surface area contributed by atoms with Crippen LogP contribution in [-0.2, 0) is 23.1 Å². The molecule has 4 aromatic rings. The van der Waals surface area contributed by atoms with E-state index in [1.165, 1.54) is 4.31 Å². The lowest BCUT2D eigenvalue weighted by molar-refractivity contribution is 0.102. The van der Waals surface area contributed by atoms with Crippen molar-refractivity contribution >= 4 is 27.3 Å². The molecule has 4 aromatic carbocycles. The summed E-state index contributed by atoms with van der Waals surface area (Å²) in [6, 6.07) is 30.6. The Morgan fingerprint density at radius 1 is 0.857 bits per heavy atom. The van der Waals surface area contributed by atoms with Gasteiger partial charge >= 0.3 is 0 Å². The third-order valence-corrected chi connectivity index (χ3v) is 7.71. The molecule has 0 aliphatic carbocycles. The monoisotopic (exact) mass is 484 g/mol. The number of benzene rings is 4. The Bertz CT molecular complexity index is 1440. The Labute approximate surface area is 204 Å². The second kappa shape index (κ2) is 9.64. The third-order valence-electron chi connectivity index (χ3n) is 5.89. The second-order valence-electron chi connectivity index (χ2n) is 8.24. The summed E-state index contributed by atoms with van der Waals surface area (Å²) in [4.78, 5) is 13.1. The number of ether oxygens (including phenoxy) is 1. The van der Waals surface area contributed by atoms with Crippen molar-refractivity contribution in [1.82, 2.24) is 0 Å². The number of hydrogen-bond acceptors (Lipinski definition) is 4. The molecule has 1 heterocycles. The normalized spacial score (nSPS) is 12.7. The largest absolute Gasteiger partial charge is 0.489 e. The van der Waals surface area contributed by atoms with Crippen LogP contribution in [0.2, 0.25) is 0 Å². The minimum Gasteiger partial charge on any atom is -0.489 e. The highest BCUT2D eigenvalue weighted by Gasteiger charge is 2.31. The van der Waals surface area contributed by atoms with Crippen molar-refractivity contribution in [1.29, 1.82) is 0 Å². The zero-order valence-corrected chi connectivity index (χ0v) is 19.7. The number of amides is 1. The number of rotatable bonds is 7. The minimum absolute atomic E-state index is 0.255. The highest BCUT2D eigenvalue weighted by atomic mass is 32.2. The van der Waals surface area contributed by atoms with Crippen molar-refractivity contribution in [3.63, 3.8) is 0 Å². The zero-order chi connectivity index (χ0) is 24.3. The van der Waals surface area contributed by atoms with E-state index in [1.807, 2.05) is 42.5 Å². The molecule has 0 aromatic heterocycles. The van der Waals surface area contributed by atoms with E-state index in [-0.39, 0.29) is 10.8 Å². The van der Waals surface area contributed by atoms with Gasteiger partial charge in [-0.05, 0) is 72.1 Å². The summed E-state index contributed by atoms with van der Waals surface area (Å²) in [6.45, 7) is 0.820. The van der Waals surface area contributed by atoms with E-state index in [0.29, 0.717) is 42.3 Å². The van der Waals surface area contributed by atoms with Gasteiger partial charge in [0.05, 0.1) is 10.6 Å². The van der Waals surface area contributed by atoms with Crippen LogP contribution >= 0.6 is 0 Å². The van der Waals surface area contributed by atoms with E-state index >= 15 is 0 Å². The molecule has 1 aliphatic rings. The highest BCUT2D eigenvalue weighted by Crippen LogP contribution is 2.33. The van der Waals surface area contributed by atoms with Crippen LogP contribution in [0, 0.1) is 0 Å². The van der Waals surface area contributed by atoms with Crippen molar-refractivity contribution in [3.05, 3.63) is 120 Å². The van der Waals surface area contributed by atoms with Crippen molar-refractivity contribution < 1.29 is 17.9 Å². The Kier molecular flexibility index (Phi) is 6.25. The van der Waals surface area contributed by atoms with Crippen LogP contribution in [0.25, 0.3) is 0 Å². The quantitative estimate of drug-likeness (QED) is 0.388. The van der Waals surface area contributed by atoms with Gasteiger partial charge in [0.15, 0.2) is 0 Å². The van der Waals surface area contributed by atoms with Gasteiger partial charge < -0.3 is 10.1 Å². The Morgan fingerprint density at radius 2 is 1.54 bits per heavy atom. The molecular weight excluding hydrogens is 460 g/mol. The van der Waals surface area contributed by atoms with Gasteiger partial charge in [-0.3, -0.25) is 9.10 Å². The molecule has 0 atom stereocenters. The number of nitrogens with zero attached hydrogens (tertiary/aromatic N) is 1. The van der Waals surface area contributed by atoms with E-state index in [1.54, 1.807) is 60.7 Å². The first kappa shape index (κ1) is 22.7. The third kappa shape index (κ3) is 4.90. The van der Waals surface area contributed by atoms with Gasteiger partial charge in [-0.1, -0.05) is 48.5 Å². The van der Waals surface area contributed by atoms with Gasteiger partial charge in [-0.25, -0.2) is 8.42 Å². The zero-order valence-electron chi connectivity index (χ0n) is 18.9. The first-order valence-electron chi connectivity index (χ1n) is 11.3. The molecule has 1 amide bonds. The SMILES string of the molecule is O=C(Nc1ccc(OCc2ccccc2)cc1)c1ccc2c(c1)CCN2S(=O)(=O)c1ccccc1. The summed E-state index contributed by atoms with van der Waals surface area (Å²) < 4.78 is 33.3. The average Bonchev–Trinajstić information content (AvgIpc) is 3.34. The highest BCUT2D eigenvalue weighted by molar-refractivity contribution is 7.92. The molecule has 0 fully saturated rings. The smallest absolute Gasteiger partial charge is 0.264 e. The predicted molar refractivity (Wildman–Crippen MR) is 136 cm³/mol. The molecule has 0 radical (unpaired) electrons. The summed E-state index contributed by atoms with van der Waals surface area (Å²) >= 11 is 0.